The molecule has 0 N–H and O–H groups in total. The Kier molecular flexibility index (Phi) is 2.18. The fraction of sp³-hybridized carbons (Fsp3) is 0.111. The van der Waals surface area contributed by atoms with Gasteiger partial charge in [0.2, 0.25) is 0 Å². The lowest BCUT2D eigenvalue weighted by molar-refractivity contribution is -0.137. The minimum absolute atomic E-state index is 0.00271. The van der Waals surface area contributed by atoms with Gasteiger partial charge >= 0.3 is 6.18 Å². The molecule has 0 unspecified atom stereocenters. The van der Waals surface area contributed by atoms with Crippen LogP contribution in [0.25, 0.3) is 11.3 Å². The highest BCUT2D eigenvalue weighted by Crippen LogP contribution is 2.36. The zero-order valence-corrected chi connectivity index (χ0v) is 7.32. The van der Waals surface area contributed by atoms with Gasteiger partial charge in [0.15, 0.2) is 5.76 Å². The van der Waals surface area contributed by atoms with Crippen LogP contribution in [0.2, 0.25) is 0 Å². The lowest BCUT2D eigenvalue weighted by Gasteiger charge is -2.09. The lowest BCUT2D eigenvalue weighted by Crippen LogP contribution is -2.06. The van der Waals surface area contributed by atoms with Crippen molar-refractivity contribution in [2.24, 2.45) is 0 Å². The Hall–Kier alpha value is -1.85. The molecule has 1 heterocycles. The topological polar surface area (TPSA) is 38.9 Å². The monoisotopic (exact) mass is 214 g/mol. The Bertz CT molecular complexity index is 451. The molecule has 1 aromatic carbocycles. The van der Waals surface area contributed by atoms with Crippen LogP contribution in [0.4, 0.5) is 13.2 Å². The molecule has 0 aliphatic carbocycles. The van der Waals surface area contributed by atoms with Crippen molar-refractivity contribution in [3.8, 4) is 11.3 Å². The fourth-order valence-electron chi connectivity index (χ4n) is 1.23. The van der Waals surface area contributed by atoms with Gasteiger partial charge in [0.25, 0.3) is 0 Å². The van der Waals surface area contributed by atoms with Crippen molar-refractivity contribution in [3.05, 3.63) is 36.0 Å². The standard InChI is InChI=1S/C9H5F3N2O/c10-9(11,12)7-4-2-1-3-6(7)8-5-13-14-15-8/h1-5H. The second-order valence-electron chi connectivity index (χ2n) is 2.83. The van der Waals surface area contributed by atoms with E-state index < -0.39 is 11.7 Å². The maximum absolute atomic E-state index is 12.6. The molecular formula is C9H5F3N2O. The third-order valence-electron chi connectivity index (χ3n) is 1.86. The number of benzene rings is 1. The molecule has 78 valence electrons. The van der Waals surface area contributed by atoms with E-state index in [-0.39, 0.29) is 11.3 Å². The van der Waals surface area contributed by atoms with Gasteiger partial charge in [-0.15, -0.1) is 5.10 Å². The number of nitrogens with zero attached hydrogens (tertiary/aromatic N) is 2. The quantitative estimate of drug-likeness (QED) is 0.732. The summed E-state index contributed by atoms with van der Waals surface area (Å²) >= 11 is 0. The average Bonchev–Trinajstić information content (AvgIpc) is 2.69. The number of rotatable bonds is 1. The molecule has 0 saturated carbocycles. The van der Waals surface area contributed by atoms with Crippen molar-refractivity contribution in [2.75, 3.05) is 0 Å². The summed E-state index contributed by atoms with van der Waals surface area (Å²) in [6.07, 6.45) is -3.27. The maximum Gasteiger partial charge on any atom is 0.417 e. The molecule has 0 amide bonds. The van der Waals surface area contributed by atoms with Gasteiger partial charge in [0.05, 0.1) is 11.8 Å². The van der Waals surface area contributed by atoms with Gasteiger partial charge in [-0.05, 0) is 6.07 Å². The van der Waals surface area contributed by atoms with Crippen LogP contribution in [0.5, 0.6) is 0 Å². The Balaban J connectivity index is 2.58. The van der Waals surface area contributed by atoms with E-state index in [9.17, 15) is 13.2 Å². The highest BCUT2D eigenvalue weighted by atomic mass is 19.4. The number of hydrogen-bond acceptors (Lipinski definition) is 3. The fourth-order valence-corrected chi connectivity index (χ4v) is 1.23. The van der Waals surface area contributed by atoms with Gasteiger partial charge in [-0.3, -0.25) is 0 Å². The van der Waals surface area contributed by atoms with Crippen LogP contribution in [0.1, 0.15) is 5.56 Å². The van der Waals surface area contributed by atoms with Crippen molar-refractivity contribution < 1.29 is 17.7 Å². The van der Waals surface area contributed by atoms with E-state index in [0.717, 1.165) is 12.3 Å². The summed E-state index contributed by atoms with van der Waals surface area (Å²) < 4.78 is 42.3. The smallest absolute Gasteiger partial charge is 0.337 e. The second-order valence-corrected chi connectivity index (χ2v) is 2.83. The minimum atomic E-state index is -4.41. The number of aromatic nitrogens is 2. The summed E-state index contributed by atoms with van der Waals surface area (Å²) in [6.45, 7) is 0. The normalized spacial score (nSPS) is 11.7. The summed E-state index contributed by atoms with van der Waals surface area (Å²) in [6, 6.07) is 5.10. The summed E-state index contributed by atoms with van der Waals surface area (Å²) in [5, 5.41) is 6.47. The van der Waals surface area contributed by atoms with E-state index in [4.69, 9.17) is 0 Å². The van der Waals surface area contributed by atoms with Crippen LogP contribution < -0.4 is 0 Å². The van der Waals surface area contributed by atoms with E-state index in [1.165, 1.54) is 18.2 Å². The Labute approximate surface area is 82.5 Å². The molecule has 0 aliphatic rings. The lowest BCUT2D eigenvalue weighted by atomic mass is 10.1. The maximum atomic E-state index is 12.6. The van der Waals surface area contributed by atoms with Crippen LogP contribution in [0, 0.1) is 0 Å². The summed E-state index contributed by atoms with van der Waals surface area (Å²) in [5.74, 6) is 0.00271. The molecule has 0 bridgehead atoms. The van der Waals surface area contributed by atoms with Crippen LogP contribution in [0.15, 0.2) is 35.0 Å². The van der Waals surface area contributed by atoms with Crippen molar-refractivity contribution in [1.82, 2.24) is 10.4 Å². The van der Waals surface area contributed by atoms with Crippen LogP contribution in [-0.4, -0.2) is 10.4 Å². The molecule has 2 rings (SSSR count). The molecule has 3 nitrogen and oxygen atoms in total. The molecule has 0 atom stereocenters. The molecule has 0 aliphatic heterocycles. The predicted octanol–water partition coefficient (Wildman–Crippen LogP) is 2.76. The molecule has 2 aromatic rings. The van der Waals surface area contributed by atoms with Gasteiger partial charge in [-0.1, -0.05) is 18.2 Å². The van der Waals surface area contributed by atoms with Gasteiger partial charge in [0.1, 0.15) is 0 Å². The Morgan fingerprint density at radius 2 is 1.87 bits per heavy atom. The van der Waals surface area contributed by atoms with E-state index in [1.807, 2.05) is 0 Å². The first-order chi connectivity index (χ1) is 7.09. The SMILES string of the molecule is FC(F)(F)c1ccccc1-c1cnno1. The number of hydrogen-bond donors (Lipinski definition) is 0. The van der Waals surface area contributed by atoms with Crippen LogP contribution in [-0.2, 0) is 6.18 Å². The molecule has 1 aromatic heterocycles. The highest BCUT2D eigenvalue weighted by molar-refractivity contribution is 5.61. The Morgan fingerprint density at radius 1 is 1.13 bits per heavy atom. The molecular weight excluding hydrogens is 209 g/mol. The second kappa shape index (κ2) is 3.38. The molecule has 0 saturated heterocycles. The molecule has 0 spiro atoms. The first-order valence-electron chi connectivity index (χ1n) is 4.03. The minimum Gasteiger partial charge on any atom is -0.337 e. The average molecular weight is 214 g/mol. The van der Waals surface area contributed by atoms with Crippen molar-refractivity contribution in [1.29, 1.82) is 0 Å². The number of alkyl halides is 3. The van der Waals surface area contributed by atoms with Gasteiger partial charge < -0.3 is 4.52 Å². The molecule has 0 radical (unpaired) electrons. The largest absolute Gasteiger partial charge is 0.417 e. The molecule has 6 heteroatoms. The zero-order chi connectivity index (χ0) is 10.9. The van der Waals surface area contributed by atoms with E-state index in [1.54, 1.807) is 0 Å². The third kappa shape index (κ3) is 1.83. The molecule has 15 heavy (non-hydrogen) atoms. The van der Waals surface area contributed by atoms with Crippen molar-refractivity contribution in [2.45, 2.75) is 6.18 Å². The highest BCUT2D eigenvalue weighted by Gasteiger charge is 2.34. The first kappa shape index (κ1) is 9.70. The van der Waals surface area contributed by atoms with Crippen LogP contribution in [0.3, 0.4) is 0 Å². The summed E-state index contributed by atoms with van der Waals surface area (Å²) in [4.78, 5) is 0. The van der Waals surface area contributed by atoms with Gasteiger partial charge in [-0.25, -0.2) is 0 Å². The van der Waals surface area contributed by atoms with E-state index in [2.05, 4.69) is 14.9 Å². The van der Waals surface area contributed by atoms with Crippen LogP contribution >= 0.6 is 0 Å². The summed E-state index contributed by atoms with van der Waals surface area (Å²) in [7, 11) is 0. The van der Waals surface area contributed by atoms with Gasteiger partial charge in [-0.2, -0.15) is 13.2 Å². The first-order valence-corrected chi connectivity index (χ1v) is 4.03. The Morgan fingerprint density at radius 3 is 2.47 bits per heavy atom. The van der Waals surface area contributed by atoms with Crippen molar-refractivity contribution >= 4 is 0 Å². The summed E-state index contributed by atoms with van der Waals surface area (Å²) in [5.41, 5.74) is -0.821. The molecule has 0 fully saturated rings. The van der Waals surface area contributed by atoms with E-state index in [0.29, 0.717) is 0 Å². The van der Waals surface area contributed by atoms with E-state index >= 15 is 0 Å². The van der Waals surface area contributed by atoms with Gasteiger partial charge in [0, 0.05) is 10.8 Å². The predicted molar refractivity (Wildman–Crippen MR) is 44.7 cm³/mol. The zero-order valence-electron chi connectivity index (χ0n) is 7.32. The number of halogens is 3. The third-order valence-corrected chi connectivity index (χ3v) is 1.86. The van der Waals surface area contributed by atoms with Crippen molar-refractivity contribution in [3.63, 3.8) is 0 Å².